The second-order valence-corrected chi connectivity index (χ2v) is 7.11. The maximum Gasteiger partial charge on any atom is 0.416 e. The van der Waals surface area contributed by atoms with Crippen LogP contribution in [-0.2, 0) is 34.8 Å². The van der Waals surface area contributed by atoms with Crippen LogP contribution in [-0.4, -0.2) is 28.0 Å². The Hall–Kier alpha value is -3.50. The normalized spacial score (nSPS) is 13.2. The second-order valence-electron chi connectivity index (χ2n) is 7.11. The molecule has 5 nitrogen and oxygen atoms in total. The largest absolute Gasteiger partial charge is 0.480 e. The molecule has 0 aliphatic rings. The molecule has 0 saturated carbocycles. The molecule has 0 aliphatic carbocycles. The molecule has 0 saturated heterocycles. The van der Waals surface area contributed by atoms with Gasteiger partial charge in [0.2, 0.25) is 5.91 Å². The summed E-state index contributed by atoms with van der Waals surface area (Å²) in [6, 6.07) is 6.40. The molecule has 32 heavy (non-hydrogen) atoms. The van der Waals surface area contributed by atoms with Crippen LogP contribution in [0.3, 0.4) is 0 Å². The molecule has 11 heteroatoms. The summed E-state index contributed by atoms with van der Waals surface area (Å²) in [5.74, 6) is -2.42. The third-order valence-corrected chi connectivity index (χ3v) is 4.74. The molecule has 2 aromatic carbocycles. The molecule has 0 fully saturated rings. The number of amides is 1. The van der Waals surface area contributed by atoms with Crippen molar-refractivity contribution in [3.63, 3.8) is 0 Å². The summed E-state index contributed by atoms with van der Waals surface area (Å²) >= 11 is 0. The lowest BCUT2D eigenvalue weighted by atomic mass is 10.0. The summed E-state index contributed by atoms with van der Waals surface area (Å²) in [5, 5.41) is 12.3. The molecule has 1 amide bonds. The number of rotatable bonds is 6. The highest BCUT2D eigenvalue weighted by Crippen LogP contribution is 2.36. The van der Waals surface area contributed by atoms with Crippen molar-refractivity contribution in [3.8, 4) is 0 Å². The summed E-state index contributed by atoms with van der Waals surface area (Å²) in [6.07, 6.45) is -9.53. The molecule has 0 spiro atoms. The molecule has 170 valence electrons. The highest BCUT2D eigenvalue weighted by atomic mass is 19.4. The summed E-state index contributed by atoms with van der Waals surface area (Å²) in [4.78, 5) is 26.8. The van der Waals surface area contributed by atoms with Crippen LogP contribution in [0, 0.1) is 0 Å². The molecule has 3 aromatic rings. The maximum atomic E-state index is 13.0. The fourth-order valence-corrected chi connectivity index (χ4v) is 3.27. The monoisotopic (exact) mass is 458 g/mol. The number of fused-ring (bicyclic) bond motifs is 1. The lowest BCUT2D eigenvalue weighted by Crippen LogP contribution is -2.43. The van der Waals surface area contributed by atoms with Gasteiger partial charge in [-0.3, -0.25) is 4.79 Å². The topological polar surface area (TPSA) is 82.2 Å². The summed E-state index contributed by atoms with van der Waals surface area (Å²) in [7, 11) is 0. The van der Waals surface area contributed by atoms with E-state index in [9.17, 15) is 41.0 Å². The van der Waals surface area contributed by atoms with Crippen LogP contribution in [0.4, 0.5) is 26.3 Å². The van der Waals surface area contributed by atoms with E-state index in [1.807, 2.05) is 0 Å². The van der Waals surface area contributed by atoms with Crippen molar-refractivity contribution in [1.29, 1.82) is 0 Å². The Balaban J connectivity index is 1.80. The van der Waals surface area contributed by atoms with Gasteiger partial charge in [-0.2, -0.15) is 26.3 Å². The minimum absolute atomic E-state index is 0.0432. The number of carboxylic acids is 1. The number of halogens is 6. The van der Waals surface area contributed by atoms with Gasteiger partial charge in [0, 0.05) is 23.5 Å². The lowest BCUT2D eigenvalue weighted by molar-refractivity contribution is -0.143. The molecule has 1 unspecified atom stereocenters. The van der Waals surface area contributed by atoms with Crippen LogP contribution < -0.4 is 5.32 Å². The first-order valence-electron chi connectivity index (χ1n) is 9.20. The Morgan fingerprint density at radius 1 is 0.969 bits per heavy atom. The van der Waals surface area contributed by atoms with Gasteiger partial charge in [-0.15, -0.1) is 0 Å². The Kier molecular flexibility index (Phi) is 6.20. The van der Waals surface area contributed by atoms with Gasteiger partial charge >= 0.3 is 18.3 Å². The Morgan fingerprint density at radius 2 is 1.56 bits per heavy atom. The second kappa shape index (κ2) is 8.56. The van der Waals surface area contributed by atoms with Crippen molar-refractivity contribution >= 4 is 22.8 Å². The number of H-pyrrole nitrogens is 1. The average molecular weight is 458 g/mol. The highest BCUT2D eigenvalue weighted by Gasteiger charge is 2.37. The number of aromatic nitrogens is 1. The number of para-hydroxylation sites is 1. The predicted octanol–water partition coefficient (Wildman–Crippen LogP) is 4.56. The number of hydrogen-bond acceptors (Lipinski definition) is 2. The standard InChI is InChI=1S/C21H16F6N2O3/c22-20(23,24)13-5-11(6-14(9-13)21(25,26)27)7-18(30)29-17(19(31)32)8-12-10-28-16-4-2-1-3-15(12)16/h1-6,9-10,17,28H,7-8H2,(H,29,30)(H,31,32). The van der Waals surface area contributed by atoms with Gasteiger partial charge in [0.25, 0.3) is 0 Å². The van der Waals surface area contributed by atoms with Crippen molar-refractivity contribution in [1.82, 2.24) is 10.3 Å². The van der Waals surface area contributed by atoms with Crippen molar-refractivity contribution in [3.05, 3.63) is 70.9 Å². The first-order chi connectivity index (χ1) is 14.8. The zero-order chi connectivity index (χ0) is 23.7. The van der Waals surface area contributed by atoms with Crippen LogP contribution in [0.15, 0.2) is 48.7 Å². The number of aromatic amines is 1. The van der Waals surface area contributed by atoms with E-state index in [1.54, 1.807) is 30.5 Å². The Labute approximate surface area is 177 Å². The molecule has 1 atom stereocenters. The Bertz CT molecular complexity index is 1120. The van der Waals surface area contributed by atoms with Crippen molar-refractivity contribution in [2.45, 2.75) is 31.2 Å². The van der Waals surface area contributed by atoms with E-state index < -0.39 is 53.4 Å². The zero-order valence-corrected chi connectivity index (χ0v) is 16.1. The first-order valence-corrected chi connectivity index (χ1v) is 9.20. The van der Waals surface area contributed by atoms with E-state index in [2.05, 4.69) is 10.3 Å². The van der Waals surface area contributed by atoms with Crippen molar-refractivity contribution < 1.29 is 41.0 Å². The number of carbonyl (C=O) groups excluding carboxylic acids is 1. The molecule has 3 rings (SSSR count). The fraction of sp³-hybridized carbons (Fsp3) is 0.238. The average Bonchev–Trinajstić information content (AvgIpc) is 3.09. The van der Waals surface area contributed by atoms with Gasteiger partial charge in [-0.25, -0.2) is 4.79 Å². The van der Waals surface area contributed by atoms with E-state index in [1.165, 1.54) is 0 Å². The number of benzene rings is 2. The van der Waals surface area contributed by atoms with Gasteiger partial charge in [0.15, 0.2) is 0 Å². The first kappa shape index (κ1) is 23.2. The van der Waals surface area contributed by atoms with Crippen LogP contribution in [0.25, 0.3) is 10.9 Å². The minimum Gasteiger partial charge on any atom is -0.480 e. The van der Waals surface area contributed by atoms with Crippen LogP contribution in [0.2, 0.25) is 0 Å². The molecule has 0 radical (unpaired) electrons. The fourth-order valence-electron chi connectivity index (χ4n) is 3.27. The number of nitrogens with one attached hydrogen (secondary N) is 2. The van der Waals surface area contributed by atoms with Crippen LogP contribution in [0.1, 0.15) is 22.3 Å². The molecule has 3 N–H and O–H groups in total. The Morgan fingerprint density at radius 3 is 2.12 bits per heavy atom. The molecule has 0 aliphatic heterocycles. The van der Waals surface area contributed by atoms with E-state index in [0.717, 1.165) is 10.9 Å². The van der Waals surface area contributed by atoms with Gasteiger partial charge in [0.1, 0.15) is 6.04 Å². The SMILES string of the molecule is O=C(Cc1cc(C(F)(F)F)cc(C(F)(F)F)c1)NC(Cc1c[nH]c2ccccc12)C(=O)O. The van der Waals surface area contributed by atoms with E-state index in [4.69, 9.17) is 0 Å². The predicted molar refractivity (Wildman–Crippen MR) is 102 cm³/mol. The number of aliphatic carboxylic acids is 1. The van der Waals surface area contributed by atoms with E-state index >= 15 is 0 Å². The molecule has 1 aromatic heterocycles. The van der Waals surface area contributed by atoms with Gasteiger partial charge < -0.3 is 15.4 Å². The van der Waals surface area contributed by atoms with Crippen molar-refractivity contribution in [2.75, 3.05) is 0 Å². The molecular weight excluding hydrogens is 442 g/mol. The van der Waals surface area contributed by atoms with E-state index in [-0.39, 0.29) is 12.5 Å². The number of carbonyl (C=O) groups is 2. The highest BCUT2D eigenvalue weighted by molar-refractivity contribution is 5.87. The summed E-state index contributed by atoms with van der Waals surface area (Å²) < 4.78 is 77.9. The molecule has 0 bridgehead atoms. The summed E-state index contributed by atoms with van der Waals surface area (Å²) in [6.45, 7) is 0. The van der Waals surface area contributed by atoms with Gasteiger partial charge in [-0.05, 0) is 35.4 Å². The summed E-state index contributed by atoms with van der Waals surface area (Å²) in [5.41, 5.74) is -2.33. The van der Waals surface area contributed by atoms with Gasteiger partial charge in [-0.1, -0.05) is 18.2 Å². The number of carboxylic acid groups (broad SMARTS) is 1. The zero-order valence-electron chi connectivity index (χ0n) is 16.1. The molecular formula is C21H16F6N2O3. The number of alkyl halides is 6. The third-order valence-electron chi connectivity index (χ3n) is 4.74. The minimum atomic E-state index is -5.05. The van der Waals surface area contributed by atoms with Gasteiger partial charge in [0.05, 0.1) is 17.5 Å². The number of hydrogen-bond donors (Lipinski definition) is 3. The van der Waals surface area contributed by atoms with E-state index in [0.29, 0.717) is 17.7 Å². The lowest BCUT2D eigenvalue weighted by Gasteiger charge is -2.16. The smallest absolute Gasteiger partial charge is 0.416 e. The molecule has 1 heterocycles. The maximum absolute atomic E-state index is 13.0. The quantitative estimate of drug-likeness (QED) is 0.474. The van der Waals surface area contributed by atoms with Crippen LogP contribution >= 0.6 is 0 Å². The third kappa shape index (κ3) is 5.40. The van der Waals surface area contributed by atoms with Crippen molar-refractivity contribution in [2.24, 2.45) is 0 Å². The van der Waals surface area contributed by atoms with Crippen LogP contribution in [0.5, 0.6) is 0 Å².